The lowest BCUT2D eigenvalue weighted by molar-refractivity contribution is -0.122. The van der Waals surface area contributed by atoms with Crippen LogP contribution in [-0.4, -0.2) is 57.2 Å². The number of hydrogen-bond acceptors (Lipinski definition) is 4. The lowest BCUT2D eigenvalue weighted by Crippen LogP contribution is -2.44. The van der Waals surface area contributed by atoms with Crippen molar-refractivity contribution >= 4 is 15.9 Å². The molecular formula is C13H26N2O4S. The van der Waals surface area contributed by atoms with Crippen molar-refractivity contribution in [3.63, 3.8) is 0 Å². The van der Waals surface area contributed by atoms with E-state index in [-0.39, 0.29) is 11.9 Å². The van der Waals surface area contributed by atoms with E-state index < -0.39 is 10.0 Å². The minimum Gasteiger partial charge on any atom is -0.381 e. The first-order valence-corrected chi connectivity index (χ1v) is 9.11. The van der Waals surface area contributed by atoms with Gasteiger partial charge in [-0.25, -0.2) is 8.42 Å². The third-order valence-electron chi connectivity index (χ3n) is 3.48. The molecule has 20 heavy (non-hydrogen) atoms. The third-order valence-corrected chi connectivity index (χ3v) is 4.81. The number of hydrogen-bond donors (Lipinski definition) is 1. The molecule has 0 aromatic rings. The first-order chi connectivity index (χ1) is 9.45. The monoisotopic (exact) mass is 306 g/mol. The zero-order valence-electron chi connectivity index (χ0n) is 12.4. The van der Waals surface area contributed by atoms with E-state index in [0.717, 1.165) is 19.3 Å². The molecule has 0 aliphatic carbocycles. The van der Waals surface area contributed by atoms with E-state index in [4.69, 9.17) is 4.74 Å². The molecule has 0 bridgehead atoms. The zero-order valence-corrected chi connectivity index (χ0v) is 13.2. The van der Waals surface area contributed by atoms with Crippen LogP contribution in [0.4, 0.5) is 0 Å². The molecule has 1 atom stereocenters. The summed E-state index contributed by atoms with van der Waals surface area (Å²) in [6.07, 6.45) is 5.13. The quantitative estimate of drug-likeness (QED) is 0.671. The largest absolute Gasteiger partial charge is 0.381 e. The summed E-state index contributed by atoms with van der Waals surface area (Å²) in [5.41, 5.74) is 0. The Hall–Kier alpha value is -0.660. The summed E-state index contributed by atoms with van der Waals surface area (Å²) in [4.78, 5) is 11.5. The highest BCUT2D eigenvalue weighted by molar-refractivity contribution is 7.88. The van der Waals surface area contributed by atoms with Gasteiger partial charge in [-0.15, -0.1) is 0 Å². The standard InChI is InChI=1S/C13H26N2O4S/c1-3-19-11-8-13(16)14-9-7-12-6-4-5-10-15(12)20(2,17)18/h12H,3-11H2,1-2H3,(H,14,16). The van der Waals surface area contributed by atoms with Gasteiger partial charge in [-0.1, -0.05) is 6.42 Å². The van der Waals surface area contributed by atoms with Crippen molar-refractivity contribution in [1.29, 1.82) is 0 Å². The van der Waals surface area contributed by atoms with E-state index in [1.165, 1.54) is 6.26 Å². The highest BCUT2D eigenvalue weighted by atomic mass is 32.2. The SMILES string of the molecule is CCOCCC(=O)NCCC1CCCCN1S(C)(=O)=O. The molecule has 1 N–H and O–H groups in total. The molecule has 1 fully saturated rings. The molecule has 118 valence electrons. The first kappa shape index (κ1) is 17.4. The Kier molecular flexibility index (Phi) is 7.47. The average molecular weight is 306 g/mol. The molecule has 1 aliphatic heterocycles. The maximum Gasteiger partial charge on any atom is 0.222 e. The fraction of sp³-hybridized carbons (Fsp3) is 0.923. The summed E-state index contributed by atoms with van der Waals surface area (Å²) < 4.78 is 30.1. The summed E-state index contributed by atoms with van der Waals surface area (Å²) in [6, 6.07) is 0.0194. The Morgan fingerprint density at radius 1 is 1.40 bits per heavy atom. The molecule has 1 unspecified atom stereocenters. The molecule has 6 nitrogen and oxygen atoms in total. The number of piperidine rings is 1. The van der Waals surface area contributed by atoms with Gasteiger partial charge in [0.25, 0.3) is 0 Å². The van der Waals surface area contributed by atoms with Gasteiger partial charge in [0, 0.05) is 32.2 Å². The average Bonchev–Trinajstić information content (AvgIpc) is 2.38. The number of nitrogens with zero attached hydrogens (tertiary/aromatic N) is 1. The lowest BCUT2D eigenvalue weighted by atomic mass is 10.0. The third kappa shape index (κ3) is 6.19. The van der Waals surface area contributed by atoms with Gasteiger partial charge in [0.1, 0.15) is 0 Å². The molecule has 0 spiro atoms. The van der Waals surface area contributed by atoms with Gasteiger partial charge in [-0.05, 0) is 26.2 Å². The predicted molar refractivity (Wildman–Crippen MR) is 77.9 cm³/mol. The molecule has 1 aliphatic rings. The molecule has 1 amide bonds. The van der Waals surface area contributed by atoms with Gasteiger partial charge in [0.15, 0.2) is 0 Å². The molecular weight excluding hydrogens is 280 g/mol. The fourth-order valence-corrected chi connectivity index (χ4v) is 3.69. The van der Waals surface area contributed by atoms with E-state index in [0.29, 0.717) is 39.1 Å². The molecule has 0 aromatic carbocycles. The predicted octanol–water partition coefficient (Wildman–Crippen LogP) is 0.733. The number of amides is 1. The van der Waals surface area contributed by atoms with Crippen LogP contribution in [0.2, 0.25) is 0 Å². The second kappa shape index (κ2) is 8.59. The zero-order chi connectivity index (χ0) is 15.0. The second-order valence-electron chi connectivity index (χ2n) is 5.11. The van der Waals surface area contributed by atoms with E-state index in [1.807, 2.05) is 6.92 Å². The molecule has 1 saturated heterocycles. The second-order valence-corrected chi connectivity index (χ2v) is 7.04. The van der Waals surface area contributed by atoms with Crippen molar-refractivity contribution in [2.24, 2.45) is 0 Å². The van der Waals surface area contributed by atoms with Gasteiger partial charge in [0.05, 0.1) is 12.9 Å². The van der Waals surface area contributed by atoms with Crippen LogP contribution in [0.5, 0.6) is 0 Å². The van der Waals surface area contributed by atoms with Gasteiger partial charge in [-0.3, -0.25) is 4.79 Å². The molecule has 1 heterocycles. The van der Waals surface area contributed by atoms with E-state index in [2.05, 4.69) is 5.32 Å². The van der Waals surface area contributed by atoms with Crippen LogP contribution in [0.1, 0.15) is 39.0 Å². The van der Waals surface area contributed by atoms with Crippen molar-refractivity contribution in [3.8, 4) is 0 Å². The molecule has 7 heteroatoms. The van der Waals surface area contributed by atoms with Crippen LogP contribution in [0.3, 0.4) is 0 Å². The highest BCUT2D eigenvalue weighted by Gasteiger charge is 2.28. The molecule has 0 radical (unpaired) electrons. The smallest absolute Gasteiger partial charge is 0.222 e. The van der Waals surface area contributed by atoms with Crippen molar-refractivity contribution in [3.05, 3.63) is 0 Å². The maximum atomic E-state index is 11.7. The van der Waals surface area contributed by atoms with Crippen LogP contribution >= 0.6 is 0 Å². The minimum atomic E-state index is -3.14. The number of carbonyl (C=O) groups excluding carboxylic acids is 1. The van der Waals surface area contributed by atoms with Gasteiger partial charge < -0.3 is 10.1 Å². The van der Waals surface area contributed by atoms with Crippen molar-refractivity contribution in [2.75, 3.05) is 32.6 Å². The van der Waals surface area contributed by atoms with Crippen molar-refractivity contribution in [2.45, 2.75) is 45.1 Å². The van der Waals surface area contributed by atoms with Gasteiger partial charge >= 0.3 is 0 Å². The number of ether oxygens (including phenoxy) is 1. The molecule has 1 rings (SSSR count). The number of carbonyl (C=O) groups is 1. The fourth-order valence-electron chi connectivity index (χ4n) is 2.47. The Labute approximate surface area is 121 Å². The maximum absolute atomic E-state index is 11.7. The van der Waals surface area contributed by atoms with Crippen LogP contribution in [0.25, 0.3) is 0 Å². The Balaban J connectivity index is 2.30. The summed E-state index contributed by atoms with van der Waals surface area (Å²) in [5, 5.41) is 2.82. The topological polar surface area (TPSA) is 75.7 Å². The van der Waals surface area contributed by atoms with Crippen LogP contribution in [0.15, 0.2) is 0 Å². The van der Waals surface area contributed by atoms with Gasteiger partial charge in [0.2, 0.25) is 15.9 Å². The Morgan fingerprint density at radius 2 is 2.15 bits per heavy atom. The summed E-state index contributed by atoms with van der Waals surface area (Å²) >= 11 is 0. The number of sulfonamides is 1. The minimum absolute atomic E-state index is 0.0194. The van der Waals surface area contributed by atoms with E-state index in [9.17, 15) is 13.2 Å². The van der Waals surface area contributed by atoms with Crippen LogP contribution in [0, 0.1) is 0 Å². The van der Waals surface area contributed by atoms with E-state index in [1.54, 1.807) is 4.31 Å². The lowest BCUT2D eigenvalue weighted by Gasteiger charge is -2.33. The van der Waals surface area contributed by atoms with Crippen LogP contribution in [-0.2, 0) is 19.6 Å². The normalized spacial score (nSPS) is 20.8. The summed E-state index contributed by atoms with van der Waals surface area (Å²) in [7, 11) is -3.14. The number of nitrogens with one attached hydrogen (secondary N) is 1. The highest BCUT2D eigenvalue weighted by Crippen LogP contribution is 2.21. The molecule has 0 saturated carbocycles. The Bertz CT molecular complexity index is 397. The van der Waals surface area contributed by atoms with Crippen LogP contribution < -0.4 is 5.32 Å². The van der Waals surface area contributed by atoms with E-state index >= 15 is 0 Å². The van der Waals surface area contributed by atoms with Crippen molar-refractivity contribution in [1.82, 2.24) is 9.62 Å². The van der Waals surface area contributed by atoms with Crippen molar-refractivity contribution < 1.29 is 17.9 Å². The number of rotatable bonds is 8. The first-order valence-electron chi connectivity index (χ1n) is 7.26. The summed E-state index contributed by atoms with van der Waals surface area (Å²) in [5.74, 6) is -0.0415. The Morgan fingerprint density at radius 3 is 2.80 bits per heavy atom. The van der Waals surface area contributed by atoms with Gasteiger partial charge in [-0.2, -0.15) is 4.31 Å². The molecule has 0 aromatic heterocycles. The summed E-state index contributed by atoms with van der Waals surface area (Å²) in [6.45, 7) is 4.05.